The molecule has 0 spiro atoms. The fourth-order valence-electron chi connectivity index (χ4n) is 3.96. The van der Waals surface area contributed by atoms with Crippen molar-refractivity contribution in [1.29, 1.82) is 0 Å². The van der Waals surface area contributed by atoms with Crippen LogP contribution in [0.3, 0.4) is 0 Å². The monoisotopic (exact) mass is 291 g/mol. The van der Waals surface area contributed by atoms with E-state index < -0.39 is 0 Å². The van der Waals surface area contributed by atoms with E-state index in [1.165, 1.54) is 25.7 Å². The highest BCUT2D eigenvalue weighted by Crippen LogP contribution is 2.38. The molecule has 2 N–H and O–H groups in total. The third kappa shape index (κ3) is 3.46. The Morgan fingerprint density at radius 3 is 2.52 bits per heavy atom. The second kappa shape index (κ2) is 6.89. The van der Waals surface area contributed by atoms with Crippen LogP contribution < -0.4 is 5.32 Å². The van der Waals surface area contributed by atoms with Crippen molar-refractivity contribution in [2.45, 2.75) is 50.5 Å². The molecule has 0 radical (unpaired) electrons. The number of hydrogen-bond acceptors (Lipinski definition) is 2. The summed E-state index contributed by atoms with van der Waals surface area (Å²) in [6, 6.07) is 7.68. The van der Waals surface area contributed by atoms with Crippen molar-refractivity contribution in [3.05, 3.63) is 35.6 Å². The molecule has 21 heavy (non-hydrogen) atoms. The van der Waals surface area contributed by atoms with E-state index in [9.17, 15) is 9.50 Å². The summed E-state index contributed by atoms with van der Waals surface area (Å²) in [5.74, 6) is 1.42. The van der Waals surface area contributed by atoms with Crippen molar-refractivity contribution >= 4 is 0 Å². The lowest BCUT2D eigenvalue weighted by atomic mass is 9.74. The number of hydrogen-bond donors (Lipinski definition) is 2. The second-order valence-electron chi connectivity index (χ2n) is 6.78. The van der Waals surface area contributed by atoms with Crippen molar-refractivity contribution < 1.29 is 9.50 Å². The van der Waals surface area contributed by atoms with Gasteiger partial charge < -0.3 is 10.4 Å². The second-order valence-corrected chi connectivity index (χ2v) is 6.78. The topological polar surface area (TPSA) is 32.3 Å². The van der Waals surface area contributed by atoms with E-state index in [0.717, 1.165) is 24.9 Å². The van der Waals surface area contributed by atoms with Crippen LogP contribution in [-0.2, 0) is 0 Å². The first kappa shape index (κ1) is 15.0. The van der Waals surface area contributed by atoms with Gasteiger partial charge in [-0.25, -0.2) is 4.39 Å². The minimum atomic E-state index is -0.0615. The van der Waals surface area contributed by atoms with Crippen LogP contribution in [0.5, 0.6) is 0 Å². The number of halogens is 1. The van der Waals surface area contributed by atoms with Crippen LogP contribution in [0.15, 0.2) is 24.3 Å². The molecule has 0 heterocycles. The summed E-state index contributed by atoms with van der Waals surface area (Å²) in [6.45, 7) is 1.34. The lowest BCUT2D eigenvalue weighted by Gasteiger charge is -2.39. The van der Waals surface area contributed by atoms with E-state index in [1.807, 2.05) is 12.1 Å². The zero-order chi connectivity index (χ0) is 14.7. The lowest BCUT2D eigenvalue weighted by Crippen LogP contribution is -2.44. The van der Waals surface area contributed by atoms with Crippen LogP contribution >= 0.6 is 0 Å². The van der Waals surface area contributed by atoms with Gasteiger partial charge in [0.2, 0.25) is 0 Å². The highest BCUT2D eigenvalue weighted by Gasteiger charge is 2.33. The van der Waals surface area contributed by atoms with Gasteiger partial charge in [0.05, 0.1) is 0 Å². The van der Waals surface area contributed by atoms with Crippen molar-refractivity contribution in [2.24, 2.45) is 11.8 Å². The van der Waals surface area contributed by atoms with Gasteiger partial charge in [-0.2, -0.15) is 0 Å². The zero-order valence-electron chi connectivity index (χ0n) is 12.6. The Morgan fingerprint density at radius 1 is 1.10 bits per heavy atom. The molecule has 0 aliphatic heterocycles. The molecule has 2 nitrogen and oxygen atoms in total. The number of aliphatic hydroxyl groups is 1. The molecule has 0 bridgehead atoms. The number of benzene rings is 1. The summed E-state index contributed by atoms with van der Waals surface area (Å²) < 4.78 is 13.7. The van der Waals surface area contributed by atoms with E-state index >= 15 is 0 Å². The molecule has 3 rings (SSSR count). The largest absolute Gasteiger partial charge is 0.396 e. The van der Waals surface area contributed by atoms with Crippen molar-refractivity contribution in [2.75, 3.05) is 13.2 Å². The summed E-state index contributed by atoms with van der Waals surface area (Å²) in [5.41, 5.74) is 0.876. The molecule has 2 fully saturated rings. The van der Waals surface area contributed by atoms with E-state index in [0.29, 0.717) is 30.4 Å². The molecule has 116 valence electrons. The third-order valence-corrected chi connectivity index (χ3v) is 5.45. The van der Waals surface area contributed by atoms with Crippen LogP contribution in [0.4, 0.5) is 4.39 Å². The molecule has 2 unspecified atom stereocenters. The number of rotatable bonds is 5. The van der Waals surface area contributed by atoms with Gasteiger partial charge in [0.1, 0.15) is 5.82 Å². The predicted octanol–water partition coefficient (Wildman–Crippen LogP) is 3.46. The normalized spacial score (nSPS) is 32.7. The summed E-state index contributed by atoms with van der Waals surface area (Å²) in [4.78, 5) is 0. The zero-order valence-corrected chi connectivity index (χ0v) is 12.6. The average molecular weight is 291 g/mol. The Balaban J connectivity index is 1.44. The number of nitrogens with one attached hydrogen (secondary N) is 1. The molecule has 2 aliphatic carbocycles. The fourth-order valence-corrected chi connectivity index (χ4v) is 3.96. The van der Waals surface area contributed by atoms with Crippen LogP contribution in [0.25, 0.3) is 0 Å². The first-order valence-electron chi connectivity index (χ1n) is 8.36. The van der Waals surface area contributed by atoms with E-state index in [2.05, 4.69) is 5.32 Å². The van der Waals surface area contributed by atoms with Gasteiger partial charge in [-0.1, -0.05) is 31.0 Å². The van der Waals surface area contributed by atoms with Crippen molar-refractivity contribution in [3.8, 4) is 0 Å². The van der Waals surface area contributed by atoms with Gasteiger partial charge in [0, 0.05) is 12.6 Å². The molecular formula is C18H26FNO. The maximum absolute atomic E-state index is 13.7. The SMILES string of the molecule is OCC1CCCCC1CNC1CC(c2ccccc2F)C1. The summed E-state index contributed by atoms with van der Waals surface area (Å²) >= 11 is 0. The predicted molar refractivity (Wildman–Crippen MR) is 82.7 cm³/mol. The van der Waals surface area contributed by atoms with Gasteiger partial charge in [-0.3, -0.25) is 0 Å². The van der Waals surface area contributed by atoms with E-state index in [4.69, 9.17) is 0 Å². The van der Waals surface area contributed by atoms with Crippen LogP contribution in [0, 0.1) is 17.7 Å². The van der Waals surface area contributed by atoms with Crippen molar-refractivity contribution in [3.63, 3.8) is 0 Å². The maximum atomic E-state index is 13.7. The summed E-state index contributed by atoms with van der Waals surface area (Å²) in [6.07, 6.45) is 7.05. The molecule has 2 atom stereocenters. The Bertz CT molecular complexity index is 458. The number of aliphatic hydroxyl groups excluding tert-OH is 1. The van der Waals surface area contributed by atoms with Gasteiger partial charge >= 0.3 is 0 Å². The smallest absolute Gasteiger partial charge is 0.126 e. The van der Waals surface area contributed by atoms with Gasteiger partial charge in [-0.15, -0.1) is 0 Å². The van der Waals surface area contributed by atoms with Crippen LogP contribution in [0.2, 0.25) is 0 Å². The highest BCUT2D eigenvalue weighted by molar-refractivity contribution is 5.24. The van der Waals surface area contributed by atoms with E-state index in [1.54, 1.807) is 12.1 Å². The van der Waals surface area contributed by atoms with Gasteiger partial charge in [0.15, 0.2) is 0 Å². The average Bonchev–Trinajstić information content (AvgIpc) is 2.47. The van der Waals surface area contributed by atoms with Gasteiger partial charge in [-0.05, 0) is 61.6 Å². The maximum Gasteiger partial charge on any atom is 0.126 e. The standard InChI is InChI=1S/C18H26FNO/c19-18-8-4-3-7-17(18)15-9-16(10-15)20-11-13-5-1-2-6-14(13)12-21/h3-4,7-8,13-16,20-21H,1-2,5-6,9-12H2. The Labute approximate surface area is 126 Å². The molecule has 0 amide bonds. The minimum Gasteiger partial charge on any atom is -0.396 e. The molecule has 3 heteroatoms. The quantitative estimate of drug-likeness (QED) is 0.871. The molecule has 2 saturated carbocycles. The molecule has 0 aromatic heterocycles. The molecule has 0 saturated heterocycles. The molecule has 1 aromatic carbocycles. The molecular weight excluding hydrogens is 265 g/mol. The van der Waals surface area contributed by atoms with Crippen LogP contribution in [-0.4, -0.2) is 24.3 Å². The first-order chi connectivity index (χ1) is 10.3. The fraction of sp³-hybridized carbons (Fsp3) is 0.667. The molecule has 1 aromatic rings. The first-order valence-corrected chi connectivity index (χ1v) is 8.36. The lowest BCUT2D eigenvalue weighted by molar-refractivity contribution is 0.126. The Morgan fingerprint density at radius 2 is 1.81 bits per heavy atom. The summed E-state index contributed by atoms with van der Waals surface area (Å²) in [7, 11) is 0. The Kier molecular flexibility index (Phi) is 4.91. The van der Waals surface area contributed by atoms with Crippen LogP contribution in [0.1, 0.15) is 50.0 Å². The highest BCUT2D eigenvalue weighted by atomic mass is 19.1. The Hall–Kier alpha value is -0.930. The minimum absolute atomic E-state index is 0.0615. The molecule has 2 aliphatic rings. The summed E-state index contributed by atoms with van der Waals surface area (Å²) in [5, 5.41) is 13.1. The van der Waals surface area contributed by atoms with Crippen molar-refractivity contribution in [1.82, 2.24) is 5.32 Å². The van der Waals surface area contributed by atoms with Gasteiger partial charge in [0.25, 0.3) is 0 Å². The van der Waals surface area contributed by atoms with E-state index in [-0.39, 0.29) is 5.82 Å². The third-order valence-electron chi connectivity index (χ3n) is 5.45.